The lowest BCUT2D eigenvalue weighted by Gasteiger charge is -2.29. The number of ether oxygens (including phenoxy) is 1. The zero-order chi connectivity index (χ0) is 13.7. The summed E-state index contributed by atoms with van der Waals surface area (Å²) in [6.07, 6.45) is 0. The van der Waals surface area contributed by atoms with Crippen molar-refractivity contribution < 1.29 is 13.5 Å². The predicted molar refractivity (Wildman–Crippen MR) is 69.9 cm³/mol. The molecule has 2 rings (SSSR count). The second kappa shape index (κ2) is 6.93. The summed E-state index contributed by atoms with van der Waals surface area (Å²) in [5.74, 6) is -1.59. The van der Waals surface area contributed by atoms with E-state index in [2.05, 4.69) is 17.1 Å². The highest BCUT2D eigenvalue weighted by Crippen LogP contribution is 2.08. The predicted octanol–water partition coefficient (Wildman–Crippen LogP) is 1.78. The Morgan fingerprint density at radius 3 is 2.68 bits per heavy atom. The Kier molecular flexibility index (Phi) is 5.24. The van der Waals surface area contributed by atoms with Gasteiger partial charge in [-0.25, -0.2) is 8.78 Å². The Morgan fingerprint density at radius 1 is 1.26 bits per heavy atom. The minimum Gasteiger partial charge on any atom is -0.379 e. The van der Waals surface area contributed by atoms with Crippen molar-refractivity contribution in [2.24, 2.45) is 0 Å². The van der Waals surface area contributed by atoms with Gasteiger partial charge in [-0.3, -0.25) is 4.90 Å². The summed E-state index contributed by atoms with van der Waals surface area (Å²) in [5.41, 5.74) is 0.757. The van der Waals surface area contributed by atoms with E-state index in [-0.39, 0.29) is 0 Å². The van der Waals surface area contributed by atoms with E-state index in [1.807, 2.05) is 0 Å². The van der Waals surface area contributed by atoms with Crippen LogP contribution in [0.4, 0.5) is 8.78 Å². The van der Waals surface area contributed by atoms with E-state index < -0.39 is 11.6 Å². The summed E-state index contributed by atoms with van der Waals surface area (Å²) in [6.45, 7) is 7.06. The first-order chi connectivity index (χ1) is 9.15. The zero-order valence-corrected chi connectivity index (χ0v) is 11.2. The van der Waals surface area contributed by atoms with Gasteiger partial charge in [0.15, 0.2) is 11.6 Å². The maximum absolute atomic E-state index is 13.1. The van der Waals surface area contributed by atoms with Gasteiger partial charge in [0.25, 0.3) is 0 Å². The van der Waals surface area contributed by atoms with Crippen LogP contribution < -0.4 is 5.32 Å². The number of halogens is 2. The third-order valence-electron chi connectivity index (χ3n) is 3.27. The van der Waals surface area contributed by atoms with E-state index in [1.165, 1.54) is 12.1 Å². The van der Waals surface area contributed by atoms with Crippen LogP contribution in [0, 0.1) is 11.6 Å². The molecule has 1 aromatic rings. The molecule has 1 heterocycles. The second-order valence-electron chi connectivity index (χ2n) is 4.94. The maximum Gasteiger partial charge on any atom is 0.159 e. The number of nitrogens with zero attached hydrogens (tertiary/aromatic N) is 1. The van der Waals surface area contributed by atoms with E-state index in [0.29, 0.717) is 12.6 Å². The molecule has 0 aliphatic carbocycles. The van der Waals surface area contributed by atoms with Gasteiger partial charge < -0.3 is 10.1 Å². The number of morpholine rings is 1. The molecule has 0 amide bonds. The van der Waals surface area contributed by atoms with Gasteiger partial charge in [-0.15, -0.1) is 0 Å². The quantitative estimate of drug-likeness (QED) is 0.882. The molecule has 0 spiro atoms. The van der Waals surface area contributed by atoms with Crippen LogP contribution in [-0.2, 0) is 11.3 Å². The first-order valence-electron chi connectivity index (χ1n) is 6.62. The van der Waals surface area contributed by atoms with Crippen LogP contribution in [0.5, 0.6) is 0 Å². The molecule has 1 saturated heterocycles. The number of nitrogens with one attached hydrogen (secondary N) is 1. The molecule has 5 heteroatoms. The molecule has 1 N–H and O–H groups in total. The normalized spacial score (nSPS) is 18.5. The smallest absolute Gasteiger partial charge is 0.159 e. The van der Waals surface area contributed by atoms with Crippen molar-refractivity contribution in [2.75, 3.05) is 32.8 Å². The minimum absolute atomic E-state index is 0.297. The van der Waals surface area contributed by atoms with Gasteiger partial charge in [-0.05, 0) is 24.6 Å². The fraction of sp³-hybridized carbons (Fsp3) is 0.571. The molecule has 106 valence electrons. The van der Waals surface area contributed by atoms with Crippen LogP contribution in [0.15, 0.2) is 18.2 Å². The summed E-state index contributed by atoms with van der Waals surface area (Å²) in [4.78, 5) is 2.34. The average molecular weight is 270 g/mol. The summed E-state index contributed by atoms with van der Waals surface area (Å²) < 4.78 is 31.1. The number of hydrogen-bond acceptors (Lipinski definition) is 3. The Balaban J connectivity index is 1.75. The van der Waals surface area contributed by atoms with Crippen molar-refractivity contribution in [1.29, 1.82) is 0 Å². The highest BCUT2D eigenvalue weighted by Gasteiger charge is 2.13. The molecule has 1 fully saturated rings. The first kappa shape index (κ1) is 14.4. The molecule has 1 aliphatic rings. The lowest BCUT2D eigenvalue weighted by atomic mass is 10.2. The molecule has 1 aromatic carbocycles. The van der Waals surface area contributed by atoms with E-state index in [4.69, 9.17) is 4.74 Å². The van der Waals surface area contributed by atoms with E-state index in [1.54, 1.807) is 6.07 Å². The largest absolute Gasteiger partial charge is 0.379 e. The first-order valence-corrected chi connectivity index (χ1v) is 6.62. The van der Waals surface area contributed by atoms with E-state index in [0.717, 1.165) is 38.4 Å². The third kappa shape index (κ3) is 4.53. The highest BCUT2D eigenvalue weighted by atomic mass is 19.2. The maximum atomic E-state index is 13.1. The van der Waals surface area contributed by atoms with Crippen molar-refractivity contribution in [2.45, 2.75) is 19.5 Å². The molecule has 1 aliphatic heterocycles. The Hall–Kier alpha value is -1.04. The van der Waals surface area contributed by atoms with Gasteiger partial charge in [0, 0.05) is 32.2 Å². The zero-order valence-electron chi connectivity index (χ0n) is 11.2. The average Bonchev–Trinajstić information content (AvgIpc) is 2.41. The molecular weight excluding hydrogens is 250 g/mol. The fourth-order valence-electron chi connectivity index (χ4n) is 2.18. The summed E-state index contributed by atoms with van der Waals surface area (Å²) >= 11 is 0. The standard InChI is InChI=1S/C14H20F2N2O/c1-11(10-18-4-6-19-7-5-18)17-9-12-2-3-13(15)14(16)8-12/h2-3,8,11,17H,4-7,9-10H2,1H3. The Bertz CT molecular complexity index is 408. The fourth-order valence-corrected chi connectivity index (χ4v) is 2.18. The lowest BCUT2D eigenvalue weighted by Crippen LogP contribution is -2.44. The molecular formula is C14H20F2N2O. The van der Waals surface area contributed by atoms with Crippen molar-refractivity contribution in [3.63, 3.8) is 0 Å². The van der Waals surface area contributed by atoms with Gasteiger partial charge in [0.05, 0.1) is 13.2 Å². The number of rotatable bonds is 5. The van der Waals surface area contributed by atoms with E-state index >= 15 is 0 Å². The van der Waals surface area contributed by atoms with Crippen LogP contribution in [0.25, 0.3) is 0 Å². The van der Waals surface area contributed by atoms with Gasteiger partial charge >= 0.3 is 0 Å². The molecule has 0 saturated carbocycles. The van der Waals surface area contributed by atoms with Crippen molar-refractivity contribution >= 4 is 0 Å². The molecule has 0 bridgehead atoms. The van der Waals surface area contributed by atoms with Gasteiger partial charge in [-0.1, -0.05) is 6.07 Å². The third-order valence-corrected chi connectivity index (χ3v) is 3.27. The SMILES string of the molecule is CC(CN1CCOCC1)NCc1ccc(F)c(F)c1. The summed E-state index contributed by atoms with van der Waals surface area (Å²) in [7, 11) is 0. The topological polar surface area (TPSA) is 24.5 Å². The van der Waals surface area contributed by atoms with E-state index in [9.17, 15) is 8.78 Å². The second-order valence-corrected chi connectivity index (χ2v) is 4.94. The van der Waals surface area contributed by atoms with Crippen LogP contribution in [0.2, 0.25) is 0 Å². The molecule has 0 radical (unpaired) electrons. The summed E-state index contributed by atoms with van der Waals surface area (Å²) in [5, 5.41) is 3.32. The van der Waals surface area contributed by atoms with Crippen LogP contribution in [-0.4, -0.2) is 43.8 Å². The molecule has 19 heavy (non-hydrogen) atoms. The highest BCUT2D eigenvalue weighted by molar-refractivity contribution is 5.17. The van der Waals surface area contributed by atoms with Crippen LogP contribution in [0.1, 0.15) is 12.5 Å². The van der Waals surface area contributed by atoms with Crippen molar-refractivity contribution in [3.8, 4) is 0 Å². The van der Waals surface area contributed by atoms with Gasteiger partial charge in [0.1, 0.15) is 0 Å². The van der Waals surface area contributed by atoms with Crippen LogP contribution in [0.3, 0.4) is 0 Å². The van der Waals surface area contributed by atoms with Crippen molar-refractivity contribution in [3.05, 3.63) is 35.4 Å². The Morgan fingerprint density at radius 2 is 2.00 bits per heavy atom. The molecule has 3 nitrogen and oxygen atoms in total. The molecule has 1 atom stereocenters. The van der Waals surface area contributed by atoms with Gasteiger partial charge in [-0.2, -0.15) is 0 Å². The molecule has 1 unspecified atom stereocenters. The summed E-state index contributed by atoms with van der Waals surface area (Å²) in [6, 6.07) is 4.31. The lowest BCUT2D eigenvalue weighted by molar-refractivity contribution is 0.0343. The number of benzene rings is 1. The number of hydrogen-bond donors (Lipinski definition) is 1. The monoisotopic (exact) mass is 270 g/mol. The Labute approximate surface area is 112 Å². The minimum atomic E-state index is -0.801. The van der Waals surface area contributed by atoms with Crippen molar-refractivity contribution in [1.82, 2.24) is 10.2 Å². The van der Waals surface area contributed by atoms with Crippen LogP contribution >= 0.6 is 0 Å². The van der Waals surface area contributed by atoms with Gasteiger partial charge in [0.2, 0.25) is 0 Å². The molecule has 0 aromatic heterocycles.